The summed E-state index contributed by atoms with van der Waals surface area (Å²) in [4.78, 5) is 16.3. The number of ketones is 1. The van der Waals surface area contributed by atoms with Crippen LogP contribution in [0.25, 0.3) is 0 Å². The van der Waals surface area contributed by atoms with Gasteiger partial charge in [-0.1, -0.05) is 15.9 Å². The number of carbonyl (C=O) groups is 1. The summed E-state index contributed by atoms with van der Waals surface area (Å²) in [6.45, 7) is 0. The van der Waals surface area contributed by atoms with Crippen LogP contribution in [0.2, 0.25) is 0 Å². The molecule has 1 aromatic heterocycles. The summed E-state index contributed by atoms with van der Waals surface area (Å²) >= 11 is 8.91. The molecular weight excluding hydrogens is 473 g/mol. The highest BCUT2D eigenvalue weighted by Crippen LogP contribution is 2.20. The Hall–Kier alpha value is -0.270. The fourth-order valence-electron chi connectivity index (χ4n) is 1.54. The molecule has 0 saturated carbocycles. The van der Waals surface area contributed by atoms with Gasteiger partial charge >= 0.3 is 0 Å². The second kappa shape index (κ2) is 6.25. The summed E-state index contributed by atoms with van der Waals surface area (Å²) in [6, 6.07) is 7.63. The Morgan fingerprint density at radius 2 is 1.94 bits per heavy atom. The molecule has 2 aromatic rings. The number of pyridine rings is 1. The highest BCUT2D eigenvalue weighted by Gasteiger charge is 2.11. The Kier molecular flexibility index (Phi) is 4.91. The summed E-state index contributed by atoms with van der Waals surface area (Å²) < 4.78 is 2.76. The maximum Gasteiger partial charge on any atom is 0.168 e. The molecule has 18 heavy (non-hydrogen) atoms. The van der Waals surface area contributed by atoms with Crippen molar-refractivity contribution in [2.45, 2.75) is 6.42 Å². The summed E-state index contributed by atoms with van der Waals surface area (Å²) in [5, 5.41) is 0. The molecule has 2 nitrogen and oxygen atoms in total. The molecule has 0 atom stereocenters. The van der Waals surface area contributed by atoms with Gasteiger partial charge in [0.2, 0.25) is 0 Å². The average molecular weight is 481 g/mol. The standard InChI is InChI=1S/C13H8Br2INO/c14-9-1-2-12(16)11(5-9)13(18)4-8-3-10(15)7-17-6-8/h1-3,5-7H,4H2. The van der Waals surface area contributed by atoms with Crippen molar-refractivity contribution in [3.05, 3.63) is 60.3 Å². The predicted molar refractivity (Wildman–Crippen MR) is 86.8 cm³/mol. The Labute approximate surface area is 136 Å². The fraction of sp³-hybridized carbons (Fsp3) is 0.0769. The van der Waals surface area contributed by atoms with Gasteiger partial charge in [-0.05, 0) is 68.3 Å². The van der Waals surface area contributed by atoms with E-state index in [1.807, 2.05) is 24.3 Å². The van der Waals surface area contributed by atoms with E-state index in [9.17, 15) is 4.79 Å². The lowest BCUT2D eigenvalue weighted by Gasteiger charge is -2.05. The minimum Gasteiger partial charge on any atom is -0.294 e. The third-order valence-electron chi connectivity index (χ3n) is 2.36. The molecular formula is C13H8Br2INO. The van der Waals surface area contributed by atoms with Crippen molar-refractivity contribution in [2.75, 3.05) is 0 Å². The maximum absolute atomic E-state index is 12.2. The highest BCUT2D eigenvalue weighted by molar-refractivity contribution is 14.1. The number of Topliss-reactive ketones (excluding diaryl/α,β-unsaturated/α-hetero) is 1. The zero-order chi connectivity index (χ0) is 13.1. The first kappa shape index (κ1) is 14.1. The van der Waals surface area contributed by atoms with E-state index >= 15 is 0 Å². The Balaban J connectivity index is 2.24. The van der Waals surface area contributed by atoms with Gasteiger partial charge in [0.1, 0.15) is 0 Å². The predicted octanol–water partition coefficient (Wildman–Crippen LogP) is 4.64. The molecule has 0 aliphatic heterocycles. The van der Waals surface area contributed by atoms with Crippen LogP contribution in [-0.4, -0.2) is 10.8 Å². The number of benzene rings is 1. The van der Waals surface area contributed by atoms with Crippen molar-refractivity contribution in [1.29, 1.82) is 0 Å². The molecule has 0 radical (unpaired) electrons. The van der Waals surface area contributed by atoms with Gasteiger partial charge in [-0.25, -0.2) is 0 Å². The van der Waals surface area contributed by atoms with Gasteiger partial charge in [-0.3, -0.25) is 9.78 Å². The Bertz CT molecular complexity index is 601. The molecule has 0 unspecified atom stereocenters. The van der Waals surface area contributed by atoms with Crippen LogP contribution >= 0.6 is 54.5 Å². The molecule has 0 saturated heterocycles. The van der Waals surface area contributed by atoms with Crippen LogP contribution in [0.5, 0.6) is 0 Å². The molecule has 0 fully saturated rings. The van der Waals surface area contributed by atoms with Crippen molar-refractivity contribution >= 4 is 60.2 Å². The van der Waals surface area contributed by atoms with Gasteiger partial charge in [-0.15, -0.1) is 0 Å². The van der Waals surface area contributed by atoms with Crippen LogP contribution in [0.3, 0.4) is 0 Å². The van der Waals surface area contributed by atoms with E-state index in [4.69, 9.17) is 0 Å². The molecule has 0 aliphatic carbocycles. The molecule has 0 spiro atoms. The second-order valence-corrected chi connectivity index (χ2v) is 6.73. The van der Waals surface area contributed by atoms with Crippen LogP contribution in [-0.2, 0) is 6.42 Å². The van der Waals surface area contributed by atoms with E-state index in [2.05, 4.69) is 59.4 Å². The van der Waals surface area contributed by atoms with Crippen LogP contribution in [0.4, 0.5) is 0 Å². The van der Waals surface area contributed by atoms with E-state index in [0.717, 1.165) is 23.6 Å². The van der Waals surface area contributed by atoms with Crippen molar-refractivity contribution in [2.24, 2.45) is 0 Å². The van der Waals surface area contributed by atoms with Crippen molar-refractivity contribution < 1.29 is 4.79 Å². The van der Waals surface area contributed by atoms with Crippen LogP contribution in [0.1, 0.15) is 15.9 Å². The monoisotopic (exact) mass is 479 g/mol. The molecule has 0 amide bonds. The molecule has 1 aromatic carbocycles. The first-order valence-corrected chi connectivity index (χ1v) is 7.80. The fourth-order valence-corrected chi connectivity index (χ4v) is 2.95. The van der Waals surface area contributed by atoms with E-state index in [0.29, 0.717) is 6.42 Å². The molecule has 0 aliphatic rings. The lowest BCUT2D eigenvalue weighted by Crippen LogP contribution is -2.06. The number of rotatable bonds is 3. The summed E-state index contributed by atoms with van der Waals surface area (Å²) in [5.41, 5.74) is 1.65. The van der Waals surface area contributed by atoms with E-state index in [-0.39, 0.29) is 5.78 Å². The number of aromatic nitrogens is 1. The maximum atomic E-state index is 12.2. The number of carbonyl (C=O) groups excluding carboxylic acids is 1. The zero-order valence-corrected chi connectivity index (χ0v) is 14.5. The smallest absolute Gasteiger partial charge is 0.168 e. The first-order valence-electron chi connectivity index (χ1n) is 5.14. The quantitative estimate of drug-likeness (QED) is 0.473. The molecule has 1 heterocycles. The minimum absolute atomic E-state index is 0.0978. The lowest BCUT2D eigenvalue weighted by molar-refractivity contribution is 0.0992. The van der Waals surface area contributed by atoms with Gasteiger partial charge in [0.15, 0.2) is 5.78 Å². The van der Waals surface area contributed by atoms with Gasteiger partial charge in [0.05, 0.1) is 0 Å². The SMILES string of the molecule is O=C(Cc1cncc(Br)c1)c1cc(Br)ccc1I. The normalized spacial score (nSPS) is 10.4. The average Bonchev–Trinajstić information content (AvgIpc) is 2.32. The molecule has 0 N–H and O–H groups in total. The van der Waals surface area contributed by atoms with Crippen LogP contribution in [0.15, 0.2) is 45.6 Å². The van der Waals surface area contributed by atoms with Crippen molar-refractivity contribution in [3.63, 3.8) is 0 Å². The van der Waals surface area contributed by atoms with Crippen molar-refractivity contribution in [3.8, 4) is 0 Å². The number of nitrogens with zero attached hydrogens (tertiary/aromatic N) is 1. The summed E-state index contributed by atoms with van der Waals surface area (Å²) in [5.74, 6) is 0.0978. The van der Waals surface area contributed by atoms with Gasteiger partial charge in [0, 0.05) is 36.9 Å². The topological polar surface area (TPSA) is 30.0 Å². The van der Waals surface area contributed by atoms with Gasteiger partial charge < -0.3 is 0 Å². The van der Waals surface area contributed by atoms with Gasteiger partial charge in [-0.2, -0.15) is 0 Å². The molecule has 5 heteroatoms. The van der Waals surface area contributed by atoms with Crippen molar-refractivity contribution in [1.82, 2.24) is 4.98 Å². The van der Waals surface area contributed by atoms with E-state index in [1.54, 1.807) is 12.4 Å². The minimum atomic E-state index is 0.0978. The largest absolute Gasteiger partial charge is 0.294 e. The number of hydrogen-bond acceptors (Lipinski definition) is 2. The Morgan fingerprint density at radius 3 is 2.67 bits per heavy atom. The lowest BCUT2D eigenvalue weighted by atomic mass is 10.0. The zero-order valence-electron chi connectivity index (χ0n) is 9.16. The molecule has 0 bridgehead atoms. The van der Waals surface area contributed by atoms with Gasteiger partial charge in [0.25, 0.3) is 0 Å². The molecule has 92 valence electrons. The van der Waals surface area contributed by atoms with Crippen LogP contribution < -0.4 is 0 Å². The second-order valence-electron chi connectivity index (χ2n) is 3.74. The summed E-state index contributed by atoms with van der Waals surface area (Å²) in [6.07, 6.45) is 3.78. The van der Waals surface area contributed by atoms with Crippen LogP contribution in [0, 0.1) is 3.57 Å². The third-order valence-corrected chi connectivity index (χ3v) is 4.22. The highest BCUT2D eigenvalue weighted by atomic mass is 127. The number of halogens is 3. The first-order chi connectivity index (χ1) is 8.56. The summed E-state index contributed by atoms with van der Waals surface area (Å²) in [7, 11) is 0. The number of hydrogen-bond donors (Lipinski definition) is 0. The van der Waals surface area contributed by atoms with E-state index < -0.39 is 0 Å². The molecule has 2 rings (SSSR count). The third kappa shape index (κ3) is 3.61. The van der Waals surface area contributed by atoms with E-state index in [1.165, 1.54) is 0 Å². The Morgan fingerprint density at radius 1 is 1.17 bits per heavy atom.